The van der Waals surface area contributed by atoms with Crippen molar-refractivity contribution in [3.63, 3.8) is 0 Å². The van der Waals surface area contributed by atoms with Gasteiger partial charge in [0.25, 0.3) is 5.91 Å². The Morgan fingerprint density at radius 1 is 1.19 bits per heavy atom. The van der Waals surface area contributed by atoms with Crippen molar-refractivity contribution in [2.45, 2.75) is 13.8 Å². The second-order valence-electron chi connectivity index (χ2n) is 4.03. The number of carbonyl (C=O) groups excluding carboxylic acids is 2. The maximum Gasteiger partial charge on any atom is 0.276 e. The molecular formula is C13H18N4O3S. The standard InChI is InChI=1S/C13H18N4O3S/c1-3-14-13(21)17-16-12(19)8-20-11-6-4-10(5-7-11)15-9(2)18/h4-7H,3,8H2,1-2H3,(H,15,18)(H,16,19)(H2,14,17,21). The number of carbonyl (C=O) groups is 2. The fourth-order valence-electron chi connectivity index (χ4n) is 1.35. The lowest BCUT2D eigenvalue weighted by atomic mass is 10.3. The quantitative estimate of drug-likeness (QED) is 0.469. The zero-order valence-corrected chi connectivity index (χ0v) is 12.7. The van der Waals surface area contributed by atoms with Crippen molar-refractivity contribution in [1.29, 1.82) is 0 Å². The van der Waals surface area contributed by atoms with E-state index in [-0.39, 0.29) is 18.4 Å². The number of hydrogen-bond donors (Lipinski definition) is 4. The summed E-state index contributed by atoms with van der Waals surface area (Å²) < 4.78 is 5.29. The molecule has 0 saturated carbocycles. The predicted octanol–water partition coefficient (Wildman–Crippen LogP) is 0.539. The van der Waals surface area contributed by atoms with Gasteiger partial charge in [-0.25, -0.2) is 0 Å². The summed E-state index contributed by atoms with van der Waals surface area (Å²) in [6, 6.07) is 6.70. The third-order valence-electron chi connectivity index (χ3n) is 2.20. The van der Waals surface area contributed by atoms with Crippen molar-refractivity contribution in [2.24, 2.45) is 0 Å². The summed E-state index contributed by atoms with van der Waals surface area (Å²) in [6.07, 6.45) is 0. The molecule has 0 aromatic heterocycles. The maximum atomic E-state index is 11.5. The molecule has 1 aromatic carbocycles. The summed E-state index contributed by atoms with van der Waals surface area (Å²) in [5.74, 6) is 0.0143. The molecule has 0 spiro atoms. The first-order valence-electron chi connectivity index (χ1n) is 6.34. The van der Waals surface area contributed by atoms with Crippen LogP contribution in [0.2, 0.25) is 0 Å². The maximum absolute atomic E-state index is 11.5. The summed E-state index contributed by atoms with van der Waals surface area (Å²) in [4.78, 5) is 22.4. The lowest BCUT2D eigenvalue weighted by Gasteiger charge is -2.11. The van der Waals surface area contributed by atoms with E-state index in [1.54, 1.807) is 24.3 Å². The van der Waals surface area contributed by atoms with Gasteiger partial charge in [0.2, 0.25) is 5.91 Å². The molecule has 2 amide bonds. The smallest absolute Gasteiger partial charge is 0.276 e. The Hall–Kier alpha value is -2.35. The van der Waals surface area contributed by atoms with E-state index in [0.29, 0.717) is 23.1 Å². The van der Waals surface area contributed by atoms with Gasteiger partial charge >= 0.3 is 0 Å². The number of thiocarbonyl (C=S) groups is 1. The molecule has 4 N–H and O–H groups in total. The average molecular weight is 310 g/mol. The van der Waals surface area contributed by atoms with Gasteiger partial charge in [-0.05, 0) is 43.4 Å². The number of hydrogen-bond acceptors (Lipinski definition) is 4. The van der Waals surface area contributed by atoms with Crippen LogP contribution in [0.1, 0.15) is 13.8 Å². The van der Waals surface area contributed by atoms with Crippen LogP contribution in [0.25, 0.3) is 0 Å². The van der Waals surface area contributed by atoms with Crippen molar-refractivity contribution in [3.05, 3.63) is 24.3 Å². The Balaban J connectivity index is 2.32. The Morgan fingerprint density at radius 3 is 2.43 bits per heavy atom. The summed E-state index contributed by atoms with van der Waals surface area (Å²) in [6.45, 7) is 3.84. The number of amides is 2. The topological polar surface area (TPSA) is 91.5 Å². The number of hydrazine groups is 1. The van der Waals surface area contributed by atoms with Gasteiger partial charge in [0.15, 0.2) is 11.7 Å². The fourth-order valence-corrected chi connectivity index (χ4v) is 1.55. The normalized spacial score (nSPS) is 9.43. The van der Waals surface area contributed by atoms with Crippen LogP contribution in [-0.2, 0) is 9.59 Å². The van der Waals surface area contributed by atoms with Crippen molar-refractivity contribution in [1.82, 2.24) is 16.2 Å². The predicted molar refractivity (Wildman–Crippen MR) is 83.8 cm³/mol. The Labute approximate surface area is 128 Å². The van der Waals surface area contributed by atoms with Gasteiger partial charge in [-0.15, -0.1) is 0 Å². The summed E-state index contributed by atoms with van der Waals surface area (Å²) in [7, 11) is 0. The molecule has 21 heavy (non-hydrogen) atoms. The third-order valence-corrected chi connectivity index (χ3v) is 2.44. The fraction of sp³-hybridized carbons (Fsp3) is 0.308. The molecule has 0 heterocycles. The molecular weight excluding hydrogens is 292 g/mol. The van der Waals surface area contributed by atoms with Crippen LogP contribution >= 0.6 is 12.2 Å². The van der Waals surface area contributed by atoms with Gasteiger partial charge in [0.05, 0.1) is 0 Å². The largest absolute Gasteiger partial charge is 0.484 e. The van der Waals surface area contributed by atoms with Crippen molar-refractivity contribution in [2.75, 3.05) is 18.5 Å². The van der Waals surface area contributed by atoms with Gasteiger partial charge in [-0.1, -0.05) is 0 Å². The zero-order chi connectivity index (χ0) is 15.7. The minimum absolute atomic E-state index is 0.147. The first-order valence-corrected chi connectivity index (χ1v) is 6.75. The molecule has 8 heteroatoms. The Bertz CT molecular complexity index is 505. The molecule has 0 aliphatic rings. The van der Waals surface area contributed by atoms with Crippen LogP contribution in [0.4, 0.5) is 5.69 Å². The highest BCUT2D eigenvalue weighted by atomic mass is 32.1. The van der Waals surface area contributed by atoms with E-state index in [4.69, 9.17) is 17.0 Å². The second-order valence-corrected chi connectivity index (χ2v) is 4.44. The monoisotopic (exact) mass is 310 g/mol. The molecule has 1 rings (SSSR count). The van der Waals surface area contributed by atoms with Gasteiger partial charge in [0.1, 0.15) is 5.75 Å². The van der Waals surface area contributed by atoms with Gasteiger partial charge in [-0.3, -0.25) is 20.4 Å². The summed E-state index contributed by atoms with van der Waals surface area (Å²) in [5.41, 5.74) is 5.61. The first kappa shape index (κ1) is 16.7. The highest BCUT2D eigenvalue weighted by molar-refractivity contribution is 7.80. The minimum Gasteiger partial charge on any atom is -0.484 e. The molecule has 114 valence electrons. The number of benzene rings is 1. The van der Waals surface area contributed by atoms with E-state index < -0.39 is 0 Å². The van der Waals surface area contributed by atoms with Crippen molar-refractivity contribution in [3.8, 4) is 5.75 Å². The molecule has 0 radical (unpaired) electrons. The van der Waals surface area contributed by atoms with E-state index >= 15 is 0 Å². The molecule has 1 aromatic rings. The van der Waals surface area contributed by atoms with Crippen molar-refractivity contribution < 1.29 is 14.3 Å². The third kappa shape index (κ3) is 7.11. The lowest BCUT2D eigenvalue weighted by molar-refractivity contribution is -0.123. The van der Waals surface area contributed by atoms with Crippen molar-refractivity contribution >= 4 is 34.8 Å². The number of nitrogens with one attached hydrogen (secondary N) is 4. The highest BCUT2D eigenvalue weighted by Gasteiger charge is 2.03. The second kappa shape index (κ2) is 8.75. The van der Waals surface area contributed by atoms with E-state index in [9.17, 15) is 9.59 Å². The lowest BCUT2D eigenvalue weighted by Crippen LogP contribution is -2.48. The van der Waals surface area contributed by atoms with Crippen LogP contribution < -0.4 is 26.2 Å². The number of ether oxygens (including phenoxy) is 1. The molecule has 0 aliphatic heterocycles. The van der Waals surface area contributed by atoms with E-state index in [2.05, 4.69) is 21.5 Å². The van der Waals surface area contributed by atoms with Gasteiger partial charge in [0, 0.05) is 19.2 Å². The Kier molecular flexibility index (Phi) is 6.96. The van der Waals surface area contributed by atoms with Gasteiger partial charge in [-0.2, -0.15) is 0 Å². The molecule has 0 saturated heterocycles. The van der Waals surface area contributed by atoms with Crippen LogP contribution in [-0.4, -0.2) is 30.1 Å². The minimum atomic E-state index is -0.360. The molecule has 0 aliphatic carbocycles. The van der Waals surface area contributed by atoms with Crippen LogP contribution in [0.5, 0.6) is 5.75 Å². The van der Waals surface area contributed by atoms with E-state index in [1.807, 2.05) is 6.92 Å². The molecule has 7 nitrogen and oxygen atoms in total. The molecule has 0 unspecified atom stereocenters. The molecule has 0 bridgehead atoms. The summed E-state index contributed by atoms with van der Waals surface area (Å²) in [5, 5.41) is 5.80. The first-order chi connectivity index (χ1) is 10.0. The van der Waals surface area contributed by atoms with E-state index in [1.165, 1.54) is 6.92 Å². The average Bonchev–Trinajstić information content (AvgIpc) is 2.44. The SMILES string of the molecule is CCNC(=S)NNC(=O)COc1ccc(NC(C)=O)cc1. The van der Waals surface area contributed by atoms with Gasteiger partial charge < -0.3 is 15.4 Å². The molecule has 0 fully saturated rings. The molecule has 0 atom stereocenters. The number of rotatable bonds is 5. The van der Waals surface area contributed by atoms with Crippen LogP contribution in [0.3, 0.4) is 0 Å². The Morgan fingerprint density at radius 2 is 1.86 bits per heavy atom. The highest BCUT2D eigenvalue weighted by Crippen LogP contribution is 2.15. The van der Waals surface area contributed by atoms with Crippen LogP contribution in [0.15, 0.2) is 24.3 Å². The van der Waals surface area contributed by atoms with E-state index in [0.717, 1.165) is 0 Å². The zero-order valence-electron chi connectivity index (χ0n) is 11.9. The summed E-state index contributed by atoms with van der Waals surface area (Å²) >= 11 is 4.89. The number of anilines is 1. The van der Waals surface area contributed by atoms with Crippen LogP contribution in [0, 0.1) is 0 Å².